The number of hydrogen-bond acceptors (Lipinski definition) is 4. The summed E-state index contributed by atoms with van der Waals surface area (Å²) in [5, 5.41) is 10.4. The SMILES string of the molecule is Nc1cn(CC(=O)Nc2ccccc2Cl)nn1. The van der Waals surface area contributed by atoms with Crippen LogP contribution in [0.1, 0.15) is 0 Å². The minimum atomic E-state index is -0.247. The number of carbonyl (C=O) groups excluding carboxylic acids is 1. The summed E-state index contributed by atoms with van der Waals surface area (Å²) in [5.74, 6) is 0.0264. The number of aromatic nitrogens is 3. The summed E-state index contributed by atoms with van der Waals surface area (Å²) in [6.45, 7) is 0.0371. The monoisotopic (exact) mass is 251 g/mol. The molecule has 0 fully saturated rings. The van der Waals surface area contributed by atoms with E-state index in [2.05, 4.69) is 15.6 Å². The lowest BCUT2D eigenvalue weighted by Crippen LogP contribution is -2.19. The van der Waals surface area contributed by atoms with E-state index in [0.29, 0.717) is 10.7 Å². The van der Waals surface area contributed by atoms with Crippen LogP contribution in [0.25, 0.3) is 0 Å². The second-order valence-corrected chi connectivity index (χ2v) is 3.78. The van der Waals surface area contributed by atoms with Gasteiger partial charge in [0.15, 0.2) is 5.82 Å². The molecule has 6 nitrogen and oxygen atoms in total. The van der Waals surface area contributed by atoms with Crippen molar-refractivity contribution in [1.29, 1.82) is 0 Å². The summed E-state index contributed by atoms with van der Waals surface area (Å²) in [7, 11) is 0. The number of halogens is 1. The molecule has 1 heterocycles. The number of nitrogens with one attached hydrogen (secondary N) is 1. The van der Waals surface area contributed by atoms with Crippen molar-refractivity contribution in [3.63, 3.8) is 0 Å². The summed E-state index contributed by atoms with van der Waals surface area (Å²) in [5.41, 5.74) is 5.95. The minimum absolute atomic E-state index is 0.0371. The van der Waals surface area contributed by atoms with Gasteiger partial charge in [0.2, 0.25) is 5.91 Å². The largest absolute Gasteiger partial charge is 0.381 e. The van der Waals surface area contributed by atoms with Gasteiger partial charge in [-0.1, -0.05) is 28.9 Å². The first kappa shape index (κ1) is 11.4. The van der Waals surface area contributed by atoms with Gasteiger partial charge in [0.05, 0.1) is 16.9 Å². The number of nitrogens with zero attached hydrogens (tertiary/aromatic N) is 3. The van der Waals surface area contributed by atoms with Gasteiger partial charge in [0.25, 0.3) is 0 Å². The molecule has 0 saturated carbocycles. The lowest BCUT2D eigenvalue weighted by molar-refractivity contribution is -0.116. The van der Waals surface area contributed by atoms with Gasteiger partial charge in [0.1, 0.15) is 6.54 Å². The summed E-state index contributed by atoms with van der Waals surface area (Å²) < 4.78 is 1.35. The van der Waals surface area contributed by atoms with Crippen molar-refractivity contribution in [1.82, 2.24) is 15.0 Å². The molecule has 0 aliphatic heterocycles. The number of anilines is 2. The quantitative estimate of drug-likeness (QED) is 0.857. The Morgan fingerprint density at radius 1 is 1.47 bits per heavy atom. The van der Waals surface area contributed by atoms with Gasteiger partial charge in [-0.2, -0.15) is 0 Å². The molecule has 3 N–H and O–H groups in total. The molecule has 17 heavy (non-hydrogen) atoms. The van der Waals surface area contributed by atoms with Gasteiger partial charge in [-0.3, -0.25) is 4.79 Å². The van der Waals surface area contributed by atoms with Crippen LogP contribution in [-0.2, 0) is 11.3 Å². The van der Waals surface area contributed by atoms with Crippen molar-refractivity contribution in [3.05, 3.63) is 35.5 Å². The van der Waals surface area contributed by atoms with E-state index in [1.807, 2.05) is 0 Å². The Hall–Kier alpha value is -2.08. The molecule has 2 rings (SSSR count). The molecular formula is C10H10ClN5O. The standard InChI is InChI=1S/C10H10ClN5O/c11-7-3-1-2-4-8(7)13-10(17)6-16-5-9(12)14-15-16/h1-5H,6,12H2,(H,13,17). The molecule has 0 saturated heterocycles. The number of benzene rings is 1. The number of hydrogen-bond donors (Lipinski definition) is 2. The molecular weight excluding hydrogens is 242 g/mol. The fourth-order valence-corrected chi connectivity index (χ4v) is 1.47. The first-order valence-electron chi connectivity index (χ1n) is 4.85. The Kier molecular flexibility index (Phi) is 3.24. The molecule has 7 heteroatoms. The number of nitrogens with two attached hydrogens (primary N) is 1. The molecule has 0 radical (unpaired) electrons. The summed E-state index contributed by atoms with van der Waals surface area (Å²) in [6, 6.07) is 6.99. The third kappa shape index (κ3) is 2.94. The van der Waals surface area contributed by atoms with E-state index in [1.54, 1.807) is 24.3 Å². The first-order chi connectivity index (χ1) is 8.15. The normalized spacial score (nSPS) is 10.2. The van der Waals surface area contributed by atoms with Crippen molar-refractivity contribution in [2.75, 3.05) is 11.1 Å². The zero-order chi connectivity index (χ0) is 12.3. The average Bonchev–Trinajstić information content (AvgIpc) is 2.67. The molecule has 0 atom stereocenters. The van der Waals surface area contributed by atoms with Gasteiger partial charge < -0.3 is 11.1 Å². The molecule has 0 spiro atoms. The van der Waals surface area contributed by atoms with Gasteiger partial charge in [-0.05, 0) is 12.1 Å². The lowest BCUT2D eigenvalue weighted by Gasteiger charge is -2.06. The van der Waals surface area contributed by atoms with E-state index >= 15 is 0 Å². The van der Waals surface area contributed by atoms with Gasteiger partial charge in [0, 0.05) is 0 Å². The highest BCUT2D eigenvalue weighted by Crippen LogP contribution is 2.20. The number of para-hydroxylation sites is 1. The maximum absolute atomic E-state index is 11.6. The number of amides is 1. The van der Waals surface area contributed by atoms with Crippen molar-refractivity contribution < 1.29 is 4.79 Å². The fraction of sp³-hybridized carbons (Fsp3) is 0.100. The predicted molar refractivity (Wildman–Crippen MR) is 64.5 cm³/mol. The third-order valence-corrected chi connectivity index (χ3v) is 2.34. The van der Waals surface area contributed by atoms with Crippen molar-refractivity contribution in [2.24, 2.45) is 0 Å². The van der Waals surface area contributed by atoms with Crippen LogP contribution in [0.5, 0.6) is 0 Å². The summed E-state index contributed by atoms with van der Waals surface area (Å²) in [4.78, 5) is 11.6. The summed E-state index contributed by atoms with van der Waals surface area (Å²) in [6.07, 6.45) is 1.48. The van der Waals surface area contributed by atoms with Gasteiger partial charge in [-0.15, -0.1) is 5.10 Å². The second-order valence-electron chi connectivity index (χ2n) is 3.37. The Balaban J connectivity index is 2.01. The van der Waals surface area contributed by atoms with Crippen LogP contribution in [0.4, 0.5) is 11.5 Å². The minimum Gasteiger partial charge on any atom is -0.381 e. The van der Waals surface area contributed by atoms with Crippen LogP contribution in [0.3, 0.4) is 0 Å². The molecule has 0 aliphatic rings. The van der Waals surface area contributed by atoms with Crippen LogP contribution in [0.2, 0.25) is 5.02 Å². The lowest BCUT2D eigenvalue weighted by atomic mass is 10.3. The van der Waals surface area contributed by atoms with Crippen molar-refractivity contribution >= 4 is 29.0 Å². The highest BCUT2D eigenvalue weighted by atomic mass is 35.5. The van der Waals surface area contributed by atoms with E-state index in [1.165, 1.54) is 10.9 Å². The molecule has 0 bridgehead atoms. The van der Waals surface area contributed by atoms with E-state index in [0.717, 1.165) is 0 Å². The zero-order valence-corrected chi connectivity index (χ0v) is 9.55. The fourth-order valence-electron chi connectivity index (χ4n) is 1.29. The van der Waals surface area contributed by atoms with Crippen LogP contribution >= 0.6 is 11.6 Å². The van der Waals surface area contributed by atoms with Crippen LogP contribution < -0.4 is 11.1 Å². The van der Waals surface area contributed by atoms with E-state index in [-0.39, 0.29) is 18.3 Å². The van der Waals surface area contributed by atoms with Crippen LogP contribution in [0, 0.1) is 0 Å². The summed E-state index contributed by atoms with van der Waals surface area (Å²) >= 11 is 5.91. The molecule has 2 aromatic rings. The molecule has 0 aliphatic carbocycles. The molecule has 0 unspecified atom stereocenters. The molecule has 1 aromatic carbocycles. The zero-order valence-electron chi connectivity index (χ0n) is 8.80. The topological polar surface area (TPSA) is 85.8 Å². The highest BCUT2D eigenvalue weighted by molar-refractivity contribution is 6.33. The Morgan fingerprint density at radius 2 is 2.24 bits per heavy atom. The highest BCUT2D eigenvalue weighted by Gasteiger charge is 2.07. The number of rotatable bonds is 3. The van der Waals surface area contributed by atoms with Crippen molar-refractivity contribution in [3.8, 4) is 0 Å². The maximum Gasteiger partial charge on any atom is 0.246 e. The molecule has 1 amide bonds. The average molecular weight is 252 g/mol. The smallest absolute Gasteiger partial charge is 0.246 e. The second kappa shape index (κ2) is 4.84. The molecule has 88 valence electrons. The Labute approximate surface area is 102 Å². The third-order valence-electron chi connectivity index (χ3n) is 2.01. The Bertz CT molecular complexity index is 539. The van der Waals surface area contributed by atoms with Crippen LogP contribution in [0.15, 0.2) is 30.5 Å². The number of carbonyl (C=O) groups is 1. The Morgan fingerprint density at radius 3 is 2.88 bits per heavy atom. The van der Waals surface area contributed by atoms with E-state index < -0.39 is 0 Å². The van der Waals surface area contributed by atoms with Gasteiger partial charge in [-0.25, -0.2) is 4.68 Å². The van der Waals surface area contributed by atoms with E-state index in [4.69, 9.17) is 17.3 Å². The van der Waals surface area contributed by atoms with E-state index in [9.17, 15) is 4.79 Å². The van der Waals surface area contributed by atoms with Crippen molar-refractivity contribution in [2.45, 2.75) is 6.54 Å². The van der Waals surface area contributed by atoms with Crippen LogP contribution in [-0.4, -0.2) is 20.9 Å². The van der Waals surface area contributed by atoms with Gasteiger partial charge >= 0.3 is 0 Å². The molecule has 1 aromatic heterocycles. The first-order valence-corrected chi connectivity index (χ1v) is 5.23. The predicted octanol–water partition coefficient (Wildman–Crippen LogP) is 1.15. The number of nitrogen functional groups attached to an aromatic ring is 1. The maximum atomic E-state index is 11.6.